The number of likely N-dealkylation sites (N-methyl/N-ethyl adjacent to an activating group) is 1. The van der Waals surface area contributed by atoms with Gasteiger partial charge < -0.3 is 9.80 Å². The van der Waals surface area contributed by atoms with Gasteiger partial charge in [-0.05, 0) is 54.8 Å². The lowest BCUT2D eigenvalue weighted by molar-refractivity contribution is -0.126. The molecule has 2 amide bonds. The van der Waals surface area contributed by atoms with E-state index in [1.165, 1.54) is 23.1 Å². The Bertz CT molecular complexity index is 1080. The zero-order chi connectivity index (χ0) is 21.9. The third-order valence-corrected chi connectivity index (χ3v) is 6.21. The van der Waals surface area contributed by atoms with Crippen molar-refractivity contribution in [1.29, 1.82) is 0 Å². The van der Waals surface area contributed by atoms with Crippen molar-refractivity contribution in [1.82, 2.24) is 4.90 Å². The summed E-state index contributed by atoms with van der Waals surface area (Å²) in [5, 5.41) is 5.19. The lowest BCUT2D eigenvalue weighted by Crippen LogP contribution is -2.28. The minimum absolute atomic E-state index is 0.0137. The summed E-state index contributed by atoms with van der Waals surface area (Å²) in [4.78, 5) is 27.7. The van der Waals surface area contributed by atoms with Crippen LogP contribution in [-0.4, -0.2) is 38.7 Å². The van der Waals surface area contributed by atoms with Crippen LogP contribution in [0, 0.1) is 0 Å². The van der Waals surface area contributed by atoms with Crippen LogP contribution in [0.5, 0.6) is 0 Å². The minimum Gasteiger partial charge on any atom is -0.335 e. The molecule has 1 aliphatic heterocycles. The quantitative estimate of drug-likeness (QED) is 0.716. The Hall–Kier alpha value is -2.97. The normalized spacial score (nSPS) is 15.6. The molecule has 8 heteroatoms. The van der Waals surface area contributed by atoms with Gasteiger partial charge in [-0.15, -0.1) is 0 Å². The van der Waals surface area contributed by atoms with E-state index in [0.717, 1.165) is 24.2 Å². The number of rotatable bonds is 6. The van der Waals surface area contributed by atoms with Crippen LogP contribution in [0.4, 0.5) is 5.69 Å². The van der Waals surface area contributed by atoms with E-state index in [4.69, 9.17) is 5.14 Å². The van der Waals surface area contributed by atoms with E-state index in [2.05, 4.69) is 0 Å². The standard InChI is InChI=1S/C22H25N3O4S/c1-16(18-5-3-6-20(15-18)30(23,28)29)24(2)21(26)13-10-17-8-11-19(12-9-17)25-14-4-7-22(25)27/h3,5-6,8-13,15-16H,4,7,14H2,1-2H3,(H2,23,28,29)/b13-10+. The molecule has 0 bridgehead atoms. The van der Waals surface area contributed by atoms with Crippen molar-refractivity contribution in [2.45, 2.75) is 30.7 Å². The van der Waals surface area contributed by atoms with Crippen LogP contribution in [0.25, 0.3) is 6.08 Å². The number of sulfonamides is 1. The zero-order valence-corrected chi connectivity index (χ0v) is 17.8. The van der Waals surface area contributed by atoms with Crippen LogP contribution in [0.1, 0.15) is 36.9 Å². The topological polar surface area (TPSA) is 101 Å². The summed E-state index contributed by atoms with van der Waals surface area (Å²) in [5.41, 5.74) is 2.38. The van der Waals surface area contributed by atoms with Gasteiger partial charge in [-0.1, -0.05) is 24.3 Å². The van der Waals surface area contributed by atoms with Crippen molar-refractivity contribution in [3.8, 4) is 0 Å². The van der Waals surface area contributed by atoms with Crippen molar-refractivity contribution in [3.63, 3.8) is 0 Å². The molecule has 1 fully saturated rings. The molecular weight excluding hydrogens is 402 g/mol. The Labute approximate surface area is 176 Å². The Kier molecular flexibility index (Phi) is 6.38. The Balaban J connectivity index is 1.67. The molecule has 2 aromatic rings. The minimum atomic E-state index is -3.81. The van der Waals surface area contributed by atoms with Crippen LogP contribution in [-0.2, 0) is 19.6 Å². The Morgan fingerprint density at radius 3 is 2.50 bits per heavy atom. The monoisotopic (exact) mass is 427 g/mol. The molecule has 2 N–H and O–H groups in total. The predicted molar refractivity (Wildman–Crippen MR) is 116 cm³/mol. The van der Waals surface area contributed by atoms with Gasteiger partial charge in [-0.3, -0.25) is 9.59 Å². The number of hydrogen-bond acceptors (Lipinski definition) is 4. The van der Waals surface area contributed by atoms with Crippen molar-refractivity contribution in [3.05, 3.63) is 65.7 Å². The number of primary sulfonamides is 1. The Morgan fingerprint density at radius 2 is 1.90 bits per heavy atom. The third kappa shape index (κ3) is 4.95. The summed E-state index contributed by atoms with van der Waals surface area (Å²) in [7, 11) is -2.15. The zero-order valence-electron chi connectivity index (χ0n) is 17.0. The second-order valence-electron chi connectivity index (χ2n) is 7.32. The molecule has 30 heavy (non-hydrogen) atoms. The number of nitrogens with zero attached hydrogens (tertiary/aromatic N) is 2. The fourth-order valence-corrected chi connectivity index (χ4v) is 3.91. The van der Waals surface area contributed by atoms with E-state index in [-0.39, 0.29) is 22.8 Å². The first-order valence-electron chi connectivity index (χ1n) is 9.65. The van der Waals surface area contributed by atoms with Crippen LogP contribution in [0.2, 0.25) is 0 Å². The maximum absolute atomic E-state index is 12.6. The van der Waals surface area contributed by atoms with Gasteiger partial charge in [0.25, 0.3) is 0 Å². The molecule has 7 nitrogen and oxygen atoms in total. The number of carbonyl (C=O) groups is 2. The third-order valence-electron chi connectivity index (χ3n) is 5.29. The number of anilines is 1. The molecule has 1 aliphatic rings. The first-order valence-corrected chi connectivity index (χ1v) is 11.2. The highest BCUT2D eigenvalue weighted by atomic mass is 32.2. The summed E-state index contributed by atoms with van der Waals surface area (Å²) >= 11 is 0. The maximum Gasteiger partial charge on any atom is 0.246 e. The summed E-state index contributed by atoms with van der Waals surface area (Å²) in [6, 6.07) is 13.4. The van der Waals surface area contributed by atoms with Gasteiger partial charge in [0.1, 0.15) is 0 Å². The average molecular weight is 428 g/mol. The molecule has 1 heterocycles. The SMILES string of the molecule is CC(c1cccc(S(N)(=O)=O)c1)N(C)C(=O)/C=C/c1ccc(N2CCCC2=O)cc1. The Morgan fingerprint density at radius 1 is 1.20 bits per heavy atom. The van der Waals surface area contributed by atoms with Gasteiger partial charge in [-0.2, -0.15) is 0 Å². The van der Waals surface area contributed by atoms with Crippen LogP contribution < -0.4 is 10.0 Å². The highest BCUT2D eigenvalue weighted by molar-refractivity contribution is 7.89. The molecule has 0 aliphatic carbocycles. The smallest absolute Gasteiger partial charge is 0.246 e. The molecule has 0 spiro atoms. The van der Waals surface area contributed by atoms with Crippen LogP contribution in [0.3, 0.4) is 0 Å². The molecule has 0 aromatic heterocycles. The lowest BCUT2D eigenvalue weighted by atomic mass is 10.1. The van der Waals surface area contributed by atoms with Crippen molar-refractivity contribution >= 4 is 33.6 Å². The maximum atomic E-state index is 12.6. The molecular formula is C22H25N3O4S. The molecule has 1 saturated heterocycles. The van der Waals surface area contributed by atoms with Crippen LogP contribution >= 0.6 is 0 Å². The fraction of sp³-hybridized carbons (Fsp3) is 0.273. The molecule has 0 saturated carbocycles. The van der Waals surface area contributed by atoms with Gasteiger partial charge in [0.15, 0.2) is 0 Å². The van der Waals surface area contributed by atoms with Crippen molar-refractivity contribution in [2.24, 2.45) is 5.14 Å². The largest absolute Gasteiger partial charge is 0.335 e. The van der Waals surface area contributed by atoms with Crippen molar-refractivity contribution < 1.29 is 18.0 Å². The van der Waals surface area contributed by atoms with Gasteiger partial charge in [-0.25, -0.2) is 13.6 Å². The van der Waals surface area contributed by atoms with Gasteiger partial charge in [0, 0.05) is 31.8 Å². The summed E-state index contributed by atoms with van der Waals surface area (Å²) in [5.74, 6) is -0.0853. The highest BCUT2D eigenvalue weighted by Gasteiger charge is 2.21. The first kappa shape index (κ1) is 21.7. The first-order chi connectivity index (χ1) is 14.2. The summed E-state index contributed by atoms with van der Waals surface area (Å²) < 4.78 is 23.1. The van der Waals surface area contributed by atoms with Gasteiger partial charge >= 0.3 is 0 Å². The second-order valence-corrected chi connectivity index (χ2v) is 8.88. The van der Waals surface area contributed by atoms with E-state index in [1.54, 1.807) is 30.2 Å². The second kappa shape index (κ2) is 8.81. The summed E-state index contributed by atoms with van der Waals surface area (Å²) in [6.07, 6.45) is 4.64. The number of carbonyl (C=O) groups excluding carboxylic acids is 2. The highest BCUT2D eigenvalue weighted by Crippen LogP contribution is 2.23. The van der Waals surface area contributed by atoms with E-state index >= 15 is 0 Å². The average Bonchev–Trinajstić information content (AvgIpc) is 3.16. The van der Waals surface area contributed by atoms with E-state index in [0.29, 0.717) is 12.0 Å². The molecule has 1 unspecified atom stereocenters. The molecule has 158 valence electrons. The molecule has 2 aromatic carbocycles. The van der Waals surface area contributed by atoms with E-state index in [9.17, 15) is 18.0 Å². The van der Waals surface area contributed by atoms with Gasteiger partial charge in [0.05, 0.1) is 10.9 Å². The molecule has 0 radical (unpaired) electrons. The summed E-state index contributed by atoms with van der Waals surface area (Å²) in [6.45, 7) is 2.55. The number of amides is 2. The molecule has 1 atom stereocenters. The number of hydrogen-bond donors (Lipinski definition) is 1. The van der Waals surface area contributed by atoms with E-state index < -0.39 is 10.0 Å². The van der Waals surface area contributed by atoms with Crippen molar-refractivity contribution in [2.75, 3.05) is 18.5 Å². The lowest BCUT2D eigenvalue weighted by Gasteiger charge is -2.24. The number of benzene rings is 2. The van der Waals surface area contributed by atoms with E-state index in [1.807, 2.05) is 31.2 Å². The number of nitrogens with two attached hydrogens (primary N) is 1. The molecule has 3 rings (SSSR count). The van der Waals surface area contributed by atoms with Gasteiger partial charge in [0.2, 0.25) is 21.8 Å². The fourth-order valence-electron chi connectivity index (χ4n) is 3.34. The van der Waals surface area contributed by atoms with Crippen LogP contribution in [0.15, 0.2) is 59.5 Å². The predicted octanol–water partition coefficient (Wildman–Crippen LogP) is 2.69.